The molecule has 0 heterocycles. The zero-order valence-corrected chi connectivity index (χ0v) is 12.1. The minimum atomic E-state index is -3.02. The molecule has 1 atom stereocenters. The van der Waals surface area contributed by atoms with Crippen LogP contribution in [-0.2, 0) is 11.2 Å². The summed E-state index contributed by atoms with van der Waals surface area (Å²) in [6.07, 6.45) is -2.50. The van der Waals surface area contributed by atoms with Crippen LogP contribution in [0.5, 0.6) is 0 Å². The molecule has 0 saturated heterocycles. The van der Waals surface area contributed by atoms with Gasteiger partial charge in [0.15, 0.2) is 0 Å². The van der Waals surface area contributed by atoms with Crippen LogP contribution in [0.4, 0.5) is 8.78 Å². The molecule has 1 aromatic rings. The summed E-state index contributed by atoms with van der Waals surface area (Å²) in [7, 11) is 0. The molecular formula is C13H16BrF2NO2. The van der Waals surface area contributed by atoms with Gasteiger partial charge in [-0.05, 0) is 30.5 Å². The number of benzene rings is 1. The molecule has 106 valence electrons. The van der Waals surface area contributed by atoms with Crippen molar-refractivity contribution in [1.29, 1.82) is 0 Å². The van der Waals surface area contributed by atoms with Gasteiger partial charge in [-0.2, -0.15) is 8.78 Å². The van der Waals surface area contributed by atoms with Gasteiger partial charge in [0.1, 0.15) is 0 Å². The lowest BCUT2D eigenvalue weighted by Gasteiger charge is -2.17. The van der Waals surface area contributed by atoms with Crippen molar-refractivity contribution in [3.8, 4) is 0 Å². The molecular weight excluding hydrogens is 320 g/mol. The summed E-state index contributed by atoms with van der Waals surface area (Å²) in [6.45, 7) is 1.80. The second-order valence-corrected chi connectivity index (χ2v) is 5.18. The molecule has 0 fully saturated rings. The highest BCUT2D eigenvalue weighted by Crippen LogP contribution is 2.21. The van der Waals surface area contributed by atoms with E-state index in [0.717, 1.165) is 15.6 Å². The fourth-order valence-corrected chi connectivity index (χ4v) is 2.11. The van der Waals surface area contributed by atoms with Gasteiger partial charge in [0.05, 0.1) is 0 Å². The highest BCUT2D eigenvalue weighted by molar-refractivity contribution is 9.10. The Kier molecular flexibility index (Phi) is 6.37. The van der Waals surface area contributed by atoms with Crippen molar-refractivity contribution >= 4 is 21.8 Å². The molecule has 1 amide bonds. The van der Waals surface area contributed by atoms with Crippen LogP contribution < -0.4 is 5.32 Å². The lowest BCUT2D eigenvalue weighted by molar-refractivity contribution is -0.131. The van der Waals surface area contributed by atoms with Gasteiger partial charge in [-0.25, -0.2) is 0 Å². The van der Waals surface area contributed by atoms with Gasteiger partial charge in [0.25, 0.3) is 5.91 Å². The summed E-state index contributed by atoms with van der Waals surface area (Å²) in [5.74, 6) is -1.58. The van der Waals surface area contributed by atoms with Crippen molar-refractivity contribution in [2.75, 3.05) is 13.2 Å². The Morgan fingerprint density at radius 3 is 2.74 bits per heavy atom. The zero-order chi connectivity index (χ0) is 14.4. The highest BCUT2D eigenvalue weighted by Gasteiger charge is 2.17. The lowest BCUT2D eigenvalue weighted by atomic mass is 9.96. The first-order valence-corrected chi connectivity index (χ1v) is 6.65. The number of amides is 1. The van der Waals surface area contributed by atoms with Crippen molar-refractivity contribution in [2.24, 2.45) is 5.92 Å². The second-order valence-electron chi connectivity index (χ2n) is 4.32. The van der Waals surface area contributed by atoms with E-state index in [4.69, 9.17) is 0 Å². The predicted molar refractivity (Wildman–Crippen MR) is 72.2 cm³/mol. The first kappa shape index (κ1) is 16.0. The van der Waals surface area contributed by atoms with Crippen molar-refractivity contribution in [3.63, 3.8) is 0 Å². The third-order valence-corrected chi connectivity index (χ3v) is 3.77. The molecule has 0 spiro atoms. The number of carbonyl (C=O) groups is 1. The average Bonchev–Trinajstić information content (AvgIpc) is 2.38. The Bertz CT molecular complexity index is 441. The van der Waals surface area contributed by atoms with Gasteiger partial charge in [-0.3, -0.25) is 4.79 Å². The smallest absolute Gasteiger partial charge is 0.315 e. The average molecular weight is 336 g/mol. The third-order valence-electron chi connectivity index (χ3n) is 2.91. The quantitative estimate of drug-likeness (QED) is 0.838. The largest absolute Gasteiger partial charge is 0.396 e. The van der Waals surface area contributed by atoms with Crippen LogP contribution in [0.25, 0.3) is 0 Å². The van der Waals surface area contributed by atoms with Crippen molar-refractivity contribution in [3.05, 3.63) is 33.8 Å². The first-order valence-electron chi connectivity index (χ1n) is 5.86. The van der Waals surface area contributed by atoms with Crippen LogP contribution in [0, 0.1) is 12.8 Å². The number of carbonyl (C=O) groups excluding carboxylic acids is 1. The SMILES string of the molecule is Cc1c(Br)cccc1C[C@H](CO)CNC(=O)C(F)F. The molecule has 19 heavy (non-hydrogen) atoms. The summed E-state index contributed by atoms with van der Waals surface area (Å²) in [6, 6.07) is 5.70. The number of hydrogen-bond donors (Lipinski definition) is 2. The number of nitrogens with one attached hydrogen (secondary N) is 1. The predicted octanol–water partition coefficient (Wildman–Crippen LogP) is 2.29. The maximum absolute atomic E-state index is 12.0. The normalized spacial score (nSPS) is 12.5. The van der Waals surface area contributed by atoms with E-state index in [2.05, 4.69) is 21.2 Å². The number of halogens is 3. The van der Waals surface area contributed by atoms with E-state index >= 15 is 0 Å². The molecule has 0 unspecified atom stereocenters. The molecule has 1 aromatic carbocycles. The molecule has 0 aliphatic carbocycles. The van der Waals surface area contributed by atoms with Gasteiger partial charge >= 0.3 is 6.43 Å². The minimum Gasteiger partial charge on any atom is -0.396 e. The summed E-state index contributed by atoms with van der Waals surface area (Å²) in [4.78, 5) is 10.8. The molecule has 6 heteroatoms. The van der Waals surface area contributed by atoms with Crippen LogP contribution >= 0.6 is 15.9 Å². The monoisotopic (exact) mass is 335 g/mol. The van der Waals surface area contributed by atoms with Crippen LogP contribution in [-0.4, -0.2) is 30.6 Å². The van der Waals surface area contributed by atoms with Gasteiger partial charge < -0.3 is 10.4 Å². The van der Waals surface area contributed by atoms with E-state index in [1.807, 2.05) is 25.1 Å². The Hall–Kier alpha value is -1.01. The van der Waals surface area contributed by atoms with Crippen molar-refractivity contribution in [1.82, 2.24) is 5.32 Å². The Morgan fingerprint density at radius 2 is 2.16 bits per heavy atom. The molecule has 0 aromatic heterocycles. The minimum absolute atomic E-state index is 0.0334. The fourth-order valence-electron chi connectivity index (χ4n) is 1.71. The third kappa shape index (κ3) is 4.87. The van der Waals surface area contributed by atoms with E-state index in [1.165, 1.54) is 0 Å². The summed E-state index contributed by atoms with van der Waals surface area (Å²) < 4.78 is 25.0. The van der Waals surface area contributed by atoms with Crippen LogP contribution in [0.3, 0.4) is 0 Å². The van der Waals surface area contributed by atoms with Gasteiger partial charge in [0, 0.05) is 23.5 Å². The van der Waals surface area contributed by atoms with E-state index < -0.39 is 12.3 Å². The molecule has 0 radical (unpaired) electrons. The number of aliphatic hydroxyl groups excluding tert-OH is 1. The van der Waals surface area contributed by atoms with Gasteiger partial charge in [-0.1, -0.05) is 28.1 Å². The highest BCUT2D eigenvalue weighted by atomic mass is 79.9. The second kappa shape index (κ2) is 7.55. The van der Waals surface area contributed by atoms with E-state index in [0.29, 0.717) is 6.42 Å². The van der Waals surface area contributed by atoms with E-state index in [9.17, 15) is 18.7 Å². The number of rotatable bonds is 6. The Labute approximate surface area is 119 Å². The molecule has 2 N–H and O–H groups in total. The van der Waals surface area contributed by atoms with Crippen molar-refractivity contribution in [2.45, 2.75) is 19.8 Å². The Balaban J connectivity index is 2.62. The van der Waals surface area contributed by atoms with E-state index in [-0.39, 0.29) is 19.1 Å². The van der Waals surface area contributed by atoms with E-state index in [1.54, 1.807) is 0 Å². The van der Waals surface area contributed by atoms with Gasteiger partial charge in [-0.15, -0.1) is 0 Å². The zero-order valence-electron chi connectivity index (χ0n) is 10.5. The van der Waals surface area contributed by atoms with Crippen LogP contribution in [0.15, 0.2) is 22.7 Å². The molecule has 0 bridgehead atoms. The number of alkyl halides is 2. The topological polar surface area (TPSA) is 49.3 Å². The molecule has 0 aliphatic heterocycles. The van der Waals surface area contributed by atoms with Gasteiger partial charge in [0.2, 0.25) is 0 Å². The summed E-state index contributed by atoms with van der Waals surface area (Å²) in [5, 5.41) is 11.4. The molecule has 0 aliphatic rings. The standard InChI is InChI=1S/C13H16BrF2NO2/c1-8-10(3-2-4-11(8)14)5-9(7-18)6-17-13(19)12(15)16/h2-4,9,12,18H,5-7H2,1H3,(H,17,19)/t9-/m0/s1. The first-order chi connectivity index (χ1) is 8.95. The van der Waals surface area contributed by atoms with Crippen molar-refractivity contribution < 1.29 is 18.7 Å². The fraction of sp³-hybridized carbons (Fsp3) is 0.462. The Morgan fingerprint density at radius 1 is 1.47 bits per heavy atom. The number of hydrogen-bond acceptors (Lipinski definition) is 2. The molecule has 1 rings (SSSR count). The molecule has 3 nitrogen and oxygen atoms in total. The summed E-state index contributed by atoms with van der Waals surface area (Å²) >= 11 is 3.41. The molecule has 0 saturated carbocycles. The summed E-state index contributed by atoms with van der Waals surface area (Å²) in [5.41, 5.74) is 2.06. The number of aliphatic hydroxyl groups is 1. The van der Waals surface area contributed by atoms with Crippen LogP contribution in [0.2, 0.25) is 0 Å². The maximum atomic E-state index is 12.0. The van der Waals surface area contributed by atoms with Crippen LogP contribution in [0.1, 0.15) is 11.1 Å². The maximum Gasteiger partial charge on any atom is 0.315 e. The lowest BCUT2D eigenvalue weighted by Crippen LogP contribution is -2.35.